The van der Waals surface area contributed by atoms with E-state index in [-0.39, 0.29) is 5.91 Å². The largest absolute Gasteiger partial charge is 0.497 e. The maximum Gasteiger partial charge on any atom is 0.234 e. The highest BCUT2D eigenvalue weighted by atomic mass is 32.2. The topological polar surface area (TPSA) is 47.6 Å². The first kappa shape index (κ1) is 16.2. The molecule has 0 aliphatic carbocycles. The second kappa shape index (κ2) is 8.34. The molecule has 0 heterocycles. The van der Waals surface area contributed by atoms with E-state index in [4.69, 9.17) is 9.47 Å². The minimum absolute atomic E-state index is 0.0695. The molecule has 22 heavy (non-hydrogen) atoms. The van der Waals surface area contributed by atoms with Crippen molar-refractivity contribution in [2.45, 2.75) is 11.8 Å². The number of rotatable bonds is 7. The summed E-state index contributed by atoms with van der Waals surface area (Å²) in [7, 11) is 1.63. The van der Waals surface area contributed by atoms with Crippen LogP contribution >= 0.6 is 11.8 Å². The monoisotopic (exact) mass is 317 g/mol. The average molecular weight is 317 g/mol. The van der Waals surface area contributed by atoms with Gasteiger partial charge in [-0.15, -0.1) is 11.8 Å². The third-order valence-corrected chi connectivity index (χ3v) is 3.87. The van der Waals surface area contributed by atoms with E-state index in [1.54, 1.807) is 7.11 Å². The Kier molecular flexibility index (Phi) is 6.15. The maximum atomic E-state index is 12.1. The lowest BCUT2D eigenvalue weighted by atomic mass is 10.3. The van der Waals surface area contributed by atoms with E-state index in [1.165, 1.54) is 11.8 Å². The van der Waals surface area contributed by atoms with E-state index < -0.39 is 0 Å². The standard InChI is InChI=1S/C17H19NO3S/c1-3-21-16-10-5-4-9-15(16)18-17(19)12-22-14-8-6-7-13(11-14)20-2/h4-11H,3,12H2,1-2H3,(H,18,19). The van der Waals surface area contributed by atoms with Crippen LogP contribution in [0.15, 0.2) is 53.4 Å². The van der Waals surface area contributed by atoms with Crippen molar-refractivity contribution in [3.63, 3.8) is 0 Å². The van der Waals surface area contributed by atoms with E-state index in [0.717, 1.165) is 10.6 Å². The Hall–Kier alpha value is -2.14. The fraction of sp³-hybridized carbons (Fsp3) is 0.235. The fourth-order valence-corrected chi connectivity index (χ4v) is 2.62. The molecule has 1 N–H and O–H groups in total. The number of carbonyl (C=O) groups excluding carboxylic acids is 1. The summed E-state index contributed by atoms with van der Waals surface area (Å²) in [5.41, 5.74) is 0.695. The Labute approximate surface area is 134 Å². The zero-order valence-corrected chi connectivity index (χ0v) is 13.5. The number of hydrogen-bond acceptors (Lipinski definition) is 4. The molecule has 0 saturated heterocycles. The molecule has 0 aliphatic heterocycles. The van der Waals surface area contributed by atoms with Gasteiger partial charge in [-0.3, -0.25) is 4.79 Å². The van der Waals surface area contributed by atoms with Gasteiger partial charge in [-0.1, -0.05) is 18.2 Å². The molecule has 5 heteroatoms. The van der Waals surface area contributed by atoms with E-state index in [2.05, 4.69) is 5.32 Å². The molecule has 116 valence electrons. The first-order valence-corrected chi connectivity index (χ1v) is 8.00. The number of carbonyl (C=O) groups is 1. The third-order valence-electron chi connectivity index (χ3n) is 2.87. The maximum absolute atomic E-state index is 12.1. The van der Waals surface area contributed by atoms with Crippen molar-refractivity contribution < 1.29 is 14.3 Å². The van der Waals surface area contributed by atoms with Gasteiger partial charge in [0.2, 0.25) is 5.91 Å². The predicted molar refractivity (Wildman–Crippen MR) is 90.0 cm³/mol. The van der Waals surface area contributed by atoms with Gasteiger partial charge in [-0.25, -0.2) is 0 Å². The lowest BCUT2D eigenvalue weighted by molar-refractivity contribution is -0.113. The number of thioether (sulfide) groups is 1. The molecule has 0 aromatic heterocycles. The molecular formula is C17H19NO3S. The van der Waals surface area contributed by atoms with Crippen molar-refractivity contribution in [2.75, 3.05) is 24.8 Å². The highest BCUT2D eigenvalue weighted by Gasteiger charge is 2.08. The average Bonchev–Trinajstić information content (AvgIpc) is 2.55. The molecule has 2 aromatic rings. The van der Waals surface area contributed by atoms with E-state index in [9.17, 15) is 4.79 Å². The Morgan fingerprint density at radius 2 is 2.00 bits per heavy atom. The number of ether oxygens (including phenoxy) is 2. The Bertz CT molecular complexity index is 631. The quantitative estimate of drug-likeness (QED) is 0.789. The molecule has 2 rings (SSSR count). The van der Waals surface area contributed by atoms with Crippen LogP contribution < -0.4 is 14.8 Å². The van der Waals surface area contributed by atoms with Gasteiger partial charge in [0.25, 0.3) is 0 Å². The molecule has 0 saturated carbocycles. The molecule has 0 atom stereocenters. The highest BCUT2D eigenvalue weighted by Crippen LogP contribution is 2.25. The van der Waals surface area contributed by atoms with Gasteiger partial charge in [-0.05, 0) is 37.3 Å². The summed E-state index contributed by atoms with van der Waals surface area (Å²) < 4.78 is 10.7. The highest BCUT2D eigenvalue weighted by molar-refractivity contribution is 8.00. The number of para-hydroxylation sites is 2. The van der Waals surface area contributed by atoms with E-state index >= 15 is 0 Å². The van der Waals surface area contributed by atoms with Crippen LogP contribution in [0.2, 0.25) is 0 Å². The van der Waals surface area contributed by atoms with Gasteiger partial charge in [0.15, 0.2) is 0 Å². The number of methoxy groups -OCH3 is 1. The summed E-state index contributed by atoms with van der Waals surface area (Å²) in [5, 5.41) is 2.88. The number of nitrogens with one attached hydrogen (secondary N) is 1. The van der Waals surface area contributed by atoms with Crippen LogP contribution in [0.5, 0.6) is 11.5 Å². The normalized spacial score (nSPS) is 10.1. The van der Waals surface area contributed by atoms with Crippen LogP contribution in [0.1, 0.15) is 6.92 Å². The van der Waals surface area contributed by atoms with Gasteiger partial charge < -0.3 is 14.8 Å². The number of hydrogen-bond donors (Lipinski definition) is 1. The smallest absolute Gasteiger partial charge is 0.234 e. The molecule has 2 aromatic carbocycles. The summed E-state index contributed by atoms with van der Waals surface area (Å²) in [4.78, 5) is 13.1. The lowest BCUT2D eigenvalue weighted by Crippen LogP contribution is -2.14. The zero-order chi connectivity index (χ0) is 15.8. The Balaban J connectivity index is 1.93. The van der Waals surface area contributed by atoms with Crippen LogP contribution in [0.4, 0.5) is 5.69 Å². The molecule has 4 nitrogen and oxygen atoms in total. The molecule has 0 bridgehead atoms. The van der Waals surface area contributed by atoms with Crippen molar-refractivity contribution in [1.82, 2.24) is 0 Å². The van der Waals surface area contributed by atoms with Gasteiger partial charge in [-0.2, -0.15) is 0 Å². The Morgan fingerprint density at radius 3 is 2.77 bits per heavy atom. The van der Waals surface area contributed by atoms with Crippen LogP contribution in [-0.4, -0.2) is 25.4 Å². The van der Waals surface area contributed by atoms with Crippen LogP contribution in [0, 0.1) is 0 Å². The SMILES string of the molecule is CCOc1ccccc1NC(=O)CSc1cccc(OC)c1. The summed E-state index contributed by atoms with van der Waals surface area (Å²) >= 11 is 1.46. The number of amides is 1. The van der Waals surface area contributed by atoms with E-state index in [1.807, 2.05) is 55.5 Å². The lowest BCUT2D eigenvalue weighted by Gasteiger charge is -2.11. The van der Waals surface area contributed by atoms with Crippen molar-refractivity contribution >= 4 is 23.4 Å². The molecule has 0 unspecified atom stereocenters. The minimum atomic E-state index is -0.0695. The first-order valence-electron chi connectivity index (χ1n) is 7.01. The summed E-state index contributed by atoms with van der Waals surface area (Å²) in [6, 6.07) is 15.1. The predicted octanol–water partition coefficient (Wildman–Crippen LogP) is 3.82. The Morgan fingerprint density at radius 1 is 1.18 bits per heavy atom. The molecule has 0 radical (unpaired) electrons. The minimum Gasteiger partial charge on any atom is -0.497 e. The van der Waals surface area contributed by atoms with Crippen molar-refractivity contribution in [2.24, 2.45) is 0 Å². The first-order chi connectivity index (χ1) is 10.7. The van der Waals surface area contributed by atoms with Crippen molar-refractivity contribution in [3.05, 3.63) is 48.5 Å². The van der Waals surface area contributed by atoms with Crippen LogP contribution in [0.25, 0.3) is 0 Å². The van der Waals surface area contributed by atoms with Crippen molar-refractivity contribution in [3.8, 4) is 11.5 Å². The second-order valence-corrected chi connectivity index (χ2v) is 5.49. The third kappa shape index (κ3) is 4.70. The summed E-state index contributed by atoms with van der Waals surface area (Å²) in [6.45, 7) is 2.47. The summed E-state index contributed by atoms with van der Waals surface area (Å²) in [6.07, 6.45) is 0. The molecule has 1 amide bonds. The van der Waals surface area contributed by atoms with Gasteiger partial charge >= 0.3 is 0 Å². The summed E-state index contributed by atoms with van der Waals surface area (Å²) in [5.74, 6) is 1.73. The van der Waals surface area contributed by atoms with Crippen LogP contribution in [0.3, 0.4) is 0 Å². The fourth-order valence-electron chi connectivity index (χ4n) is 1.88. The molecule has 0 spiro atoms. The van der Waals surface area contributed by atoms with Gasteiger partial charge in [0.05, 0.1) is 25.2 Å². The van der Waals surface area contributed by atoms with Gasteiger partial charge in [0.1, 0.15) is 11.5 Å². The molecule has 0 aliphatic rings. The number of anilines is 1. The second-order valence-electron chi connectivity index (χ2n) is 4.45. The number of benzene rings is 2. The van der Waals surface area contributed by atoms with Crippen molar-refractivity contribution in [1.29, 1.82) is 0 Å². The molecular weight excluding hydrogens is 298 g/mol. The molecule has 0 fully saturated rings. The van der Waals surface area contributed by atoms with Crippen LogP contribution in [-0.2, 0) is 4.79 Å². The zero-order valence-electron chi connectivity index (χ0n) is 12.7. The van der Waals surface area contributed by atoms with E-state index in [0.29, 0.717) is 23.8 Å². The van der Waals surface area contributed by atoms with Gasteiger partial charge in [0, 0.05) is 4.90 Å².